The fourth-order valence-electron chi connectivity index (χ4n) is 3.22. The normalized spacial score (nSPS) is 18.7. The highest BCUT2D eigenvalue weighted by atomic mass is 16.5. The van der Waals surface area contributed by atoms with E-state index in [4.69, 9.17) is 4.74 Å². The van der Waals surface area contributed by atoms with E-state index < -0.39 is 17.7 Å². The molecule has 1 aromatic carbocycles. The van der Waals surface area contributed by atoms with Crippen LogP contribution in [0.2, 0.25) is 0 Å². The number of methoxy groups -OCH3 is 1. The zero-order chi connectivity index (χ0) is 20.3. The number of amides is 1. The van der Waals surface area contributed by atoms with Crippen molar-refractivity contribution >= 4 is 17.4 Å². The number of ketones is 1. The van der Waals surface area contributed by atoms with Crippen LogP contribution in [0.4, 0.5) is 0 Å². The largest absolute Gasteiger partial charge is 0.507 e. The first-order valence-electron chi connectivity index (χ1n) is 8.91. The van der Waals surface area contributed by atoms with Crippen molar-refractivity contribution < 1.29 is 19.4 Å². The Morgan fingerprint density at radius 3 is 2.36 bits per heavy atom. The van der Waals surface area contributed by atoms with Crippen molar-refractivity contribution in [1.29, 1.82) is 0 Å². The summed E-state index contributed by atoms with van der Waals surface area (Å²) in [7, 11) is 5.37. The quantitative estimate of drug-likeness (QED) is 0.469. The lowest BCUT2D eigenvalue weighted by Gasteiger charge is -2.26. The molecule has 1 N–H and O–H groups in total. The molecule has 0 aliphatic carbocycles. The Labute approximate surface area is 163 Å². The predicted molar refractivity (Wildman–Crippen MR) is 105 cm³/mol. The number of hydrogen-bond acceptors (Lipinski definition) is 6. The van der Waals surface area contributed by atoms with Crippen molar-refractivity contribution in [3.63, 3.8) is 0 Å². The van der Waals surface area contributed by atoms with E-state index in [9.17, 15) is 14.7 Å². The third kappa shape index (κ3) is 3.75. The van der Waals surface area contributed by atoms with Crippen LogP contribution in [0.15, 0.2) is 54.4 Å². The summed E-state index contributed by atoms with van der Waals surface area (Å²) < 4.78 is 5.20. The summed E-state index contributed by atoms with van der Waals surface area (Å²) in [6, 6.07) is 9.69. The number of carbonyl (C=O) groups excluding carboxylic acids is 2. The molecule has 1 aliphatic rings. The highest BCUT2D eigenvalue weighted by Gasteiger charge is 2.45. The summed E-state index contributed by atoms with van der Waals surface area (Å²) in [5, 5.41) is 10.9. The second-order valence-electron chi connectivity index (χ2n) is 6.80. The van der Waals surface area contributed by atoms with Gasteiger partial charge in [-0.05, 0) is 43.9 Å². The highest BCUT2D eigenvalue weighted by molar-refractivity contribution is 6.46. The van der Waals surface area contributed by atoms with Gasteiger partial charge in [-0.1, -0.05) is 12.1 Å². The number of aromatic nitrogens is 1. The molecule has 0 bridgehead atoms. The van der Waals surface area contributed by atoms with Crippen LogP contribution in [0, 0.1) is 0 Å². The second-order valence-corrected chi connectivity index (χ2v) is 6.80. The standard InChI is InChI=1S/C21H23N3O4/c1-23(2)12-13-24-18(14-4-6-16(28-3)7-5-14)17(20(26)21(24)27)19(25)15-8-10-22-11-9-15/h4-11,18,25H,12-13H2,1-3H3/b19-17+. The van der Waals surface area contributed by atoms with Crippen LogP contribution in [-0.4, -0.2) is 65.9 Å². The molecule has 1 amide bonds. The average Bonchev–Trinajstić information content (AvgIpc) is 2.97. The number of Topliss-reactive ketones (excluding diaryl/α,β-unsaturated/α-hetero) is 1. The summed E-state index contributed by atoms with van der Waals surface area (Å²) in [4.78, 5) is 32.9. The molecule has 146 valence electrons. The molecular weight excluding hydrogens is 358 g/mol. The van der Waals surface area contributed by atoms with E-state index in [0.717, 1.165) is 5.56 Å². The van der Waals surface area contributed by atoms with Crippen LogP contribution in [0.3, 0.4) is 0 Å². The maximum absolute atomic E-state index is 12.8. The van der Waals surface area contributed by atoms with Gasteiger partial charge in [0.05, 0.1) is 18.7 Å². The van der Waals surface area contributed by atoms with E-state index in [2.05, 4.69) is 4.98 Å². The average molecular weight is 381 g/mol. The van der Waals surface area contributed by atoms with Crippen molar-refractivity contribution in [1.82, 2.24) is 14.8 Å². The second kappa shape index (κ2) is 8.22. The Bertz CT molecular complexity index is 892. The monoisotopic (exact) mass is 381 g/mol. The first-order valence-corrected chi connectivity index (χ1v) is 8.91. The van der Waals surface area contributed by atoms with Gasteiger partial charge < -0.3 is 19.6 Å². The molecule has 7 nitrogen and oxygen atoms in total. The lowest BCUT2D eigenvalue weighted by Crippen LogP contribution is -2.35. The van der Waals surface area contributed by atoms with Crippen molar-refractivity contribution in [3.8, 4) is 5.75 Å². The van der Waals surface area contributed by atoms with Crippen LogP contribution in [0.25, 0.3) is 5.76 Å². The summed E-state index contributed by atoms with van der Waals surface area (Å²) >= 11 is 0. The van der Waals surface area contributed by atoms with Gasteiger partial charge in [0.15, 0.2) is 0 Å². The molecule has 1 atom stereocenters. The Morgan fingerprint density at radius 2 is 1.79 bits per heavy atom. The predicted octanol–water partition coefficient (Wildman–Crippen LogP) is 2.07. The van der Waals surface area contributed by atoms with Crippen molar-refractivity contribution in [2.45, 2.75) is 6.04 Å². The summed E-state index contributed by atoms with van der Waals surface area (Å²) in [5.74, 6) is -0.829. The molecule has 1 unspecified atom stereocenters. The Hall–Kier alpha value is -3.19. The number of likely N-dealkylation sites (tertiary alicyclic amines) is 1. The van der Waals surface area contributed by atoms with Gasteiger partial charge in [-0.15, -0.1) is 0 Å². The topological polar surface area (TPSA) is 83.0 Å². The number of aliphatic hydroxyl groups excluding tert-OH is 1. The summed E-state index contributed by atoms with van der Waals surface area (Å²) in [6.07, 6.45) is 3.05. The van der Waals surface area contributed by atoms with Gasteiger partial charge in [0.1, 0.15) is 11.5 Å². The molecular formula is C21H23N3O4. The summed E-state index contributed by atoms with van der Waals surface area (Å²) in [5.41, 5.74) is 1.26. The molecule has 3 rings (SSSR count). The molecule has 2 aromatic rings. The van der Waals surface area contributed by atoms with Gasteiger partial charge in [-0.3, -0.25) is 14.6 Å². The minimum Gasteiger partial charge on any atom is -0.507 e. The molecule has 1 aromatic heterocycles. The van der Waals surface area contributed by atoms with E-state index >= 15 is 0 Å². The Morgan fingerprint density at radius 1 is 1.14 bits per heavy atom. The third-order valence-electron chi connectivity index (χ3n) is 4.71. The van der Waals surface area contributed by atoms with E-state index in [0.29, 0.717) is 24.4 Å². The first-order chi connectivity index (χ1) is 13.4. The van der Waals surface area contributed by atoms with Gasteiger partial charge >= 0.3 is 0 Å². The van der Waals surface area contributed by atoms with E-state index in [1.807, 2.05) is 19.0 Å². The molecule has 28 heavy (non-hydrogen) atoms. The molecule has 0 spiro atoms. The minimum absolute atomic E-state index is 0.0834. The van der Waals surface area contributed by atoms with Gasteiger partial charge in [0.2, 0.25) is 0 Å². The first kappa shape index (κ1) is 19.6. The minimum atomic E-state index is -0.686. The number of ether oxygens (including phenoxy) is 1. The highest BCUT2D eigenvalue weighted by Crippen LogP contribution is 2.39. The fourth-order valence-corrected chi connectivity index (χ4v) is 3.22. The van der Waals surface area contributed by atoms with Crippen LogP contribution in [0.1, 0.15) is 17.2 Å². The van der Waals surface area contributed by atoms with Gasteiger partial charge in [-0.2, -0.15) is 0 Å². The summed E-state index contributed by atoms with van der Waals surface area (Å²) in [6.45, 7) is 0.955. The van der Waals surface area contributed by atoms with Crippen LogP contribution >= 0.6 is 0 Å². The molecule has 1 aliphatic heterocycles. The number of likely N-dealkylation sites (N-methyl/N-ethyl adjacent to an activating group) is 1. The van der Waals surface area contributed by atoms with Gasteiger partial charge in [0.25, 0.3) is 11.7 Å². The smallest absolute Gasteiger partial charge is 0.295 e. The number of carbonyl (C=O) groups is 2. The zero-order valence-electron chi connectivity index (χ0n) is 16.1. The number of rotatable bonds is 6. The molecule has 1 saturated heterocycles. The maximum atomic E-state index is 12.8. The molecule has 0 saturated carbocycles. The van der Waals surface area contributed by atoms with E-state index in [1.165, 1.54) is 17.3 Å². The maximum Gasteiger partial charge on any atom is 0.295 e. The van der Waals surface area contributed by atoms with E-state index in [1.54, 1.807) is 43.5 Å². The Kier molecular flexibility index (Phi) is 5.75. The zero-order valence-corrected chi connectivity index (χ0v) is 16.1. The SMILES string of the molecule is COc1ccc(C2/C(=C(\O)c3ccncc3)C(=O)C(=O)N2CCN(C)C)cc1. The lowest BCUT2D eigenvalue weighted by atomic mass is 9.95. The molecule has 7 heteroatoms. The van der Waals surface area contributed by atoms with Crippen molar-refractivity contribution in [3.05, 3.63) is 65.5 Å². The van der Waals surface area contributed by atoms with E-state index in [-0.39, 0.29) is 11.3 Å². The number of benzene rings is 1. The number of pyridine rings is 1. The lowest BCUT2D eigenvalue weighted by molar-refractivity contribution is -0.140. The van der Waals surface area contributed by atoms with Gasteiger partial charge in [-0.25, -0.2) is 0 Å². The number of aliphatic hydroxyl groups is 1. The Balaban J connectivity index is 2.12. The van der Waals surface area contributed by atoms with Gasteiger partial charge in [0, 0.05) is 31.0 Å². The number of nitrogens with zero attached hydrogens (tertiary/aromatic N) is 3. The van der Waals surface area contributed by atoms with Crippen LogP contribution in [-0.2, 0) is 9.59 Å². The third-order valence-corrected chi connectivity index (χ3v) is 4.71. The molecule has 0 radical (unpaired) electrons. The molecule has 1 fully saturated rings. The van der Waals surface area contributed by atoms with Crippen molar-refractivity contribution in [2.24, 2.45) is 0 Å². The van der Waals surface area contributed by atoms with Crippen LogP contribution < -0.4 is 4.74 Å². The molecule has 2 heterocycles. The van der Waals surface area contributed by atoms with Crippen molar-refractivity contribution in [2.75, 3.05) is 34.3 Å². The fraction of sp³-hybridized carbons (Fsp3) is 0.286. The number of hydrogen-bond donors (Lipinski definition) is 1. The van der Waals surface area contributed by atoms with Crippen LogP contribution in [0.5, 0.6) is 5.75 Å².